The zero-order valence-corrected chi connectivity index (χ0v) is 10.7. The highest BCUT2D eigenvalue weighted by molar-refractivity contribution is 5.86. The van der Waals surface area contributed by atoms with Crippen molar-refractivity contribution in [3.63, 3.8) is 0 Å². The smallest absolute Gasteiger partial charge is 0.181 e. The largest absolute Gasteiger partial charge is 0.482 e. The van der Waals surface area contributed by atoms with Gasteiger partial charge < -0.3 is 4.74 Å². The fraction of sp³-hybridized carbons (Fsp3) is 0.357. The molecule has 5 heteroatoms. The number of para-hydroxylation sites is 1. The van der Waals surface area contributed by atoms with Gasteiger partial charge in [-0.25, -0.2) is 9.67 Å². The topological polar surface area (TPSA) is 57.0 Å². The Morgan fingerprint density at radius 3 is 3.11 bits per heavy atom. The monoisotopic (exact) mass is 257 g/mol. The number of aromatic nitrogens is 3. The van der Waals surface area contributed by atoms with E-state index >= 15 is 0 Å². The SMILES string of the molecule is CCn1ncnc1CC(=O)C1Cc2ccccc2O1. The summed E-state index contributed by atoms with van der Waals surface area (Å²) in [4.78, 5) is 16.4. The van der Waals surface area contributed by atoms with Crippen molar-refractivity contribution in [2.24, 2.45) is 0 Å². The standard InChI is InChI=1S/C14H15N3O2/c1-2-17-14(15-9-16-17)8-11(18)13-7-10-5-3-4-6-12(10)19-13/h3-6,9,13H,2,7-8H2,1H3. The molecule has 1 atom stereocenters. The number of nitrogens with zero attached hydrogens (tertiary/aromatic N) is 3. The maximum atomic E-state index is 12.2. The van der Waals surface area contributed by atoms with Crippen LogP contribution < -0.4 is 4.74 Å². The molecule has 98 valence electrons. The molecule has 0 N–H and O–H groups in total. The Hall–Kier alpha value is -2.17. The van der Waals surface area contributed by atoms with Gasteiger partial charge in [0.2, 0.25) is 0 Å². The normalized spacial score (nSPS) is 17.0. The molecule has 19 heavy (non-hydrogen) atoms. The summed E-state index contributed by atoms with van der Waals surface area (Å²) < 4.78 is 7.42. The van der Waals surface area contributed by atoms with Crippen molar-refractivity contribution < 1.29 is 9.53 Å². The maximum Gasteiger partial charge on any atom is 0.181 e. The van der Waals surface area contributed by atoms with Crippen LogP contribution in [0.25, 0.3) is 0 Å². The Kier molecular flexibility index (Phi) is 3.03. The quantitative estimate of drug-likeness (QED) is 0.831. The number of ether oxygens (including phenoxy) is 1. The molecule has 5 nitrogen and oxygen atoms in total. The third kappa shape index (κ3) is 2.23. The number of ketones is 1. The van der Waals surface area contributed by atoms with Crippen LogP contribution in [0.15, 0.2) is 30.6 Å². The van der Waals surface area contributed by atoms with Crippen LogP contribution in [-0.2, 0) is 24.2 Å². The first-order chi connectivity index (χ1) is 9.28. The lowest BCUT2D eigenvalue weighted by molar-refractivity contribution is -0.124. The van der Waals surface area contributed by atoms with E-state index in [0.29, 0.717) is 18.8 Å². The molecule has 0 aliphatic carbocycles. The van der Waals surface area contributed by atoms with Crippen molar-refractivity contribution in [2.75, 3.05) is 0 Å². The van der Waals surface area contributed by atoms with Crippen LogP contribution in [0.3, 0.4) is 0 Å². The molecule has 0 fully saturated rings. The van der Waals surface area contributed by atoms with Crippen LogP contribution in [0.5, 0.6) is 5.75 Å². The molecule has 1 aromatic heterocycles. The van der Waals surface area contributed by atoms with Crippen molar-refractivity contribution in [2.45, 2.75) is 32.4 Å². The van der Waals surface area contributed by atoms with Gasteiger partial charge >= 0.3 is 0 Å². The average Bonchev–Trinajstić information content (AvgIpc) is 3.03. The van der Waals surface area contributed by atoms with E-state index in [1.165, 1.54) is 6.33 Å². The van der Waals surface area contributed by atoms with Crippen LogP contribution in [0, 0.1) is 0 Å². The lowest BCUT2D eigenvalue weighted by Gasteiger charge is -2.09. The first kappa shape index (κ1) is 11.9. The van der Waals surface area contributed by atoms with Crippen molar-refractivity contribution in [1.82, 2.24) is 14.8 Å². The summed E-state index contributed by atoms with van der Waals surface area (Å²) in [6.07, 6.45) is 2.01. The Morgan fingerprint density at radius 2 is 2.32 bits per heavy atom. The number of benzene rings is 1. The van der Waals surface area contributed by atoms with E-state index in [-0.39, 0.29) is 18.3 Å². The lowest BCUT2D eigenvalue weighted by Crippen LogP contribution is -2.28. The second-order valence-electron chi connectivity index (χ2n) is 4.55. The second kappa shape index (κ2) is 4.84. The summed E-state index contributed by atoms with van der Waals surface area (Å²) in [5.41, 5.74) is 1.10. The Bertz CT molecular complexity index is 581. The average molecular weight is 257 g/mol. The molecular weight excluding hydrogens is 242 g/mol. The highest BCUT2D eigenvalue weighted by Gasteiger charge is 2.29. The molecule has 0 saturated carbocycles. The van der Waals surface area contributed by atoms with Crippen LogP contribution in [-0.4, -0.2) is 26.7 Å². The summed E-state index contributed by atoms with van der Waals surface area (Å²) >= 11 is 0. The van der Waals surface area contributed by atoms with Gasteiger partial charge in [0.05, 0.1) is 6.42 Å². The first-order valence-corrected chi connectivity index (χ1v) is 6.42. The van der Waals surface area contributed by atoms with Crippen LogP contribution in [0.1, 0.15) is 18.3 Å². The first-order valence-electron chi connectivity index (χ1n) is 6.42. The van der Waals surface area contributed by atoms with Gasteiger partial charge in [-0.2, -0.15) is 5.10 Å². The van der Waals surface area contributed by atoms with Crippen molar-refractivity contribution >= 4 is 5.78 Å². The Labute approximate surface area is 111 Å². The summed E-state index contributed by atoms with van der Waals surface area (Å²) in [6.45, 7) is 2.69. The minimum atomic E-state index is -0.389. The zero-order chi connectivity index (χ0) is 13.2. The third-order valence-corrected chi connectivity index (χ3v) is 3.33. The number of carbonyl (C=O) groups excluding carboxylic acids is 1. The summed E-state index contributed by atoms with van der Waals surface area (Å²) in [5, 5.41) is 4.07. The van der Waals surface area contributed by atoms with E-state index in [1.54, 1.807) is 4.68 Å². The van der Waals surface area contributed by atoms with E-state index in [9.17, 15) is 4.79 Å². The molecule has 2 aromatic rings. The molecule has 1 unspecified atom stereocenters. The molecule has 0 radical (unpaired) electrons. The van der Waals surface area contributed by atoms with Gasteiger partial charge in [-0.1, -0.05) is 18.2 Å². The lowest BCUT2D eigenvalue weighted by atomic mass is 10.1. The third-order valence-electron chi connectivity index (χ3n) is 3.33. The molecule has 0 bridgehead atoms. The number of aryl methyl sites for hydroxylation is 1. The highest BCUT2D eigenvalue weighted by atomic mass is 16.5. The van der Waals surface area contributed by atoms with Crippen LogP contribution in [0.2, 0.25) is 0 Å². The van der Waals surface area contributed by atoms with E-state index in [0.717, 1.165) is 11.3 Å². The number of Topliss-reactive ketones (excluding diaryl/α,β-unsaturated/α-hetero) is 1. The van der Waals surface area contributed by atoms with Gasteiger partial charge in [0.15, 0.2) is 11.9 Å². The zero-order valence-electron chi connectivity index (χ0n) is 10.7. The summed E-state index contributed by atoms with van der Waals surface area (Å²) in [7, 11) is 0. The van der Waals surface area contributed by atoms with Gasteiger partial charge in [-0.05, 0) is 18.6 Å². The Balaban J connectivity index is 1.70. The van der Waals surface area contributed by atoms with E-state index in [2.05, 4.69) is 10.1 Å². The van der Waals surface area contributed by atoms with Gasteiger partial charge in [0.25, 0.3) is 0 Å². The van der Waals surface area contributed by atoms with Gasteiger partial charge in [-0.3, -0.25) is 4.79 Å². The van der Waals surface area contributed by atoms with E-state index < -0.39 is 0 Å². The number of rotatable bonds is 4. The minimum absolute atomic E-state index is 0.0545. The fourth-order valence-corrected chi connectivity index (χ4v) is 2.32. The van der Waals surface area contributed by atoms with Gasteiger partial charge in [-0.15, -0.1) is 0 Å². The number of fused-ring (bicyclic) bond motifs is 1. The summed E-state index contributed by atoms with van der Waals surface area (Å²) in [5.74, 6) is 1.57. The van der Waals surface area contributed by atoms with Crippen LogP contribution in [0.4, 0.5) is 0 Å². The highest BCUT2D eigenvalue weighted by Crippen LogP contribution is 2.28. The predicted octanol–water partition coefficient (Wildman–Crippen LogP) is 1.41. The Morgan fingerprint density at radius 1 is 1.47 bits per heavy atom. The van der Waals surface area contributed by atoms with Crippen LogP contribution >= 0.6 is 0 Å². The van der Waals surface area contributed by atoms with Crippen molar-refractivity contribution in [3.05, 3.63) is 42.0 Å². The second-order valence-corrected chi connectivity index (χ2v) is 4.55. The number of carbonyl (C=O) groups is 1. The fourth-order valence-electron chi connectivity index (χ4n) is 2.32. The van der Waals surface area contributed by atoms with Gasteiger partial charge in [0.1, 0.15) is 17.9 Å². The number of hydrogen-bond donors (Lipinski definition) is 0. The van der Waals surface area contributed by atoms with E-state index in [1.807, 2.05) is 31.2 Å². The molecule has 1 aliphatic heterocycles. The van der Waals surface area contributed by atoms with Crippen molar-refractivity contribution in [3.8, 4) is 5.75 Å². The maximum absolute atomic E-state index is 12.2. The molecule has 3 rings (SSSR count). The molecular formula is C14H15N3O2. The van der Waals surface area contributed by atoms with Gasteiger partial charge in [0, 0.05) is 13.0 Å². The minimum Gasteiger partial charge on any atom is -0.482 e. The number of hydrogen-bond acceptors (Lipinski definition) is 4. The van der Waals surface area contributed by atoms with Crippen molar-refractivity contribution in [1.29, 1.82) is 0 Å². The molecule has 2 heterocycles. The molecule has 0 spiro atoms. The molecule has 1 aromatic carbocycles. The predicted molar refractivity (Wildman–Crippen MR) is 69.0 cm³/mol. The van der Waals surface area contributed by atoms with E-state index in [4.69, 9.17) is 4.74 Å². The summed E-state index contributed by atoms with van der Waals surface area (Å²) in [6, 6.07) is 7.77. The molecule has 0 saturated heterocycles. The molecule has 0 amide bonds. The molecule has 1 aliphatic rings.